The van der Waals surface area contributed by atoms with Crippen molar-refractivity contribution in [2.24, 2.45) is 0 Å². The summed E-state index contributed by atoms with van der Waals surface area (Å²) < 4.78 is 38.1. The van der Waals surface area contributed by atoms with E-state index < -0.39 is 29.7 Å². The molecule has 1 aromatic rings. The second-order valence-corrected chi connectivity index (χ2v) is 5.71. The molecule has 24 heavy (non-hydrogen) atoms. The Hall–Kier alpha value is -2.55. The summed E-state index contributed by atoms with van der Waals surface area (Å²) in [6.45, 7) is 1.71. The lowest BCUT2D eigenvalue weighted by atomic mass is 10.1. The number of allylic oxidation sites excluding steroid dienone is 1. The number of nitrogens with zero attached hydrogens (tertiary/aromatic N) is 1. The molecule has 0 aromatic heterocycles. The number of anilines is 1. The van der Waals surface area contributed by atoms with Crippen molar-refractivity contribution in [1.82, 2.24) is 15.8 Å². The van der Waals surface area contributed by atoms with Crippen LogP contribution < -0.4 is 16.1 Å². The van der Waals surface area contributed by atoms with E-state index in [2.05, 4.69) is 16.1 Å². The Morgan fingerprint density at radius 3 is 2.83 bits per heavy atom. The van der Waals surface area contributed by atoms with Crippen molar-refractivity contribution in [1.29, 1.82) is 0 Å². The Kier molecular flexibility index (Phi) is 3.96. The van der Waals surface area contributed by atoms with Gasteiger partial charge in [0.2, 0.25) is 11.8 Å². The van der Waals surface area contributed by atoms with Crippen LogP contribution in [0.1, 0.15) is 18.9 Å². The van der Waals surface area contributed by atoms with Gasteiger partial charge in [0.1, 0.15) is 12.1 Å². The van der Waals surface area contributed by atoms with E-state index in [1.807, 2.05) is 0 Å². The molecule has 3 N–H and O–H groups in total. The lowest BCUT2D eigenvalue weighted by Gasteiger charge is -2.27. The Balaban J connectivity index is 1.70. The molecule has 2 aliphatic rings. The monoisotopic (exact) mass is 340 g/mol. The second kappa shape index (κ2) is 5.82. The molecule has 2 unspecified atom stereocenters. The van der Waals surface area contributed by atoms with E-state index in [1.165, 1.54) is 12.1 Å². The maximum absolute atomic E-state index is 12.7. The van der Waals surface area contributed by atoms with Gasteiger partial charge in [0, 0.05) is 24.0 Å². The molecule has 0 bridgehead atoms. The highest BCUT2D eigenvalue weighted by Crippen LogP contribution is 2.30. The number of benzene rings is 1. The minimum Gasteiger partial charge on any atom is -0.327 e. The van der Waals surface area contributed by atoms with Crippen LogP contribution in [-0.2, 0) is 15.8 Å². The number of hydrazine groups is 1. The molecule has 2 atom stereocenters. The number of fused-ring (bicyclic) bond motifs is 1. The van der Waals surface area contributed by atoms with Crippen LogP contribution in [0, 0.1) is 0 Å². The highest BCUT2D eigenvalue weighted by atomic mass is 19.4. The van der Waals surface area contributed by atoms with Crippen LogP contribution in [-0.4, -0.2) is 28.9 Å². The maximum Gasteiger partial charge on any atom is 0.416 e. The Bertz CT molecular complexity index is 717. The molecule has 1 saturated heterocycles. The molecule has 9 heteroatoms. The van der Waals surface area contributed by atoms with Crippen LogP contribution in [0.25, 0.3) is 0 Å². The molecular weight excluding hydrogens is 325 g/mol. The topological polar surface area (TPSA) is 73.5 Å². The van der Waals surface area contributed by atoms with Crippen LogP contribution in [0.15, 0.2) is 36.2 Å². The minimum absolute atomic E-state index is 0.0534. The summed E-state index contributed by atoms with van der Waals surface area (Å²) >= 11 is 0. The molecule has 0 radical (unpaired) electrons. The van der Waals surface area contributed by atoms with Gasteiger partial charge < -0.3 is 15.6 Å². The van der Waals surface area contributed by atoms with E-state index in [1.54, 1.807) is 18.1 Å². The molecule has 2 aliphatic heterocycles. The molecular formula is C15H15F3N4O2. The van der Waals surface area contributed by atoms with Gasteiger partial charge in [0.05, 0.1) is 5.56 Å². The molecule has 3 rings (SSSR count). The van der Waals surface area contributed by atoms with Gasteiger partial charge in [-0.2, -0.15) is 13.2 Å². The second-order valence-electron chi connectivity index (χ2n) is 5.71. The molecule has 2 heterocycles. The van der Waals surface area contributed by atoms with Gasteiger partial charge in [0.15, 0.2) is 0 Å². The number of carbonyl (C=O) groups excluding carboxylic acids is 2. The predicted molar refractivity (Wildman–Crippen MR) is 79.1 cm³/mol. The number of hydrogen-bond acceptors (Lipinski definition) is 4. The number of amides is 2. The zero-order valence-electron chi connectivity index (χ0n) is 12.6. The standard InChI is InChI=1S/C15H15F3N4O2/c1-8-7-22-12(14(24)19-8)6-11(21-22)13(23)20-10-4-2-3-9(5-10)15(16,17)18/h2-5,7,11-12,21H,6H2,1H3,(H,19,24)(H,20,23). The van der Waals surface area contributed by atoms with Crippen LogP contribution >= 0.6 is 0 Å². The van der Waals surface area contributed by atoms with Gasteiger partial charge in [-0.15, -0.1) is 0 Å². The lowest BCUT2D eigenvalue weighted by molar-refractivity contribution is -0.137. The van der Waals surface area contributed by atoms with Crippen molar-refractivity contribution < 1.29 is 22.8 Å². The van der Waals surface area contributed by atoms with Crippen molar-refractivity contribution in [3.63, 3.8) is 0 Å². The number of hydrogen-bond donors (Lipinski definition) is 3. The maximum atomic E-state index is 12.7. The van der Waals surface area contributed by atoms with Crippen LogP contribution in [0.2, 0.25) is 0 Å². The number of carbonyl (C=O) groups is 2. The zero-order chi connectivity index (χ0) is 17.5. The number of rotatable bonds is 2. The number of alkyl halides is 3. The van der Waals surface area contributed by atoms with Gasteiger partial charge in [-0.05, 0) is 25.1 Å². The molecule has 0 saturated carbocycles. The molecule has 0 spiro atoms. The van der Waals surface area contributed by atoms with Crippen LogP contribution in [0.4, 0.5) is 18.9 Å². The summed E-state index contributed by atoms with van der Waals surface area (Å²) in [6.07, 6.45) is -2.59. The summed E-state index contributed by atoms with van der Waals surface area (Å²) in [4.78, 5) is 24.2. The lowest BCUT2D eigenvalue weighted by Crippen LogP contribution is -2.48. The summed E-state index contributed by atoms with van der Waals surface area (Å²) in [5.41, 5.74) is 2.74. The Morgan fingerprint density at radius 1 is 1.38 bits per heavy atom. The quantitative estimate of drug-likeness (QED) is 0.764. The molecule has 1 aromatic carbocycles. The number of halogens is 3. The SMILES string of the molecule is CC1=CN2NC(C(=O)Nc3cccc(C(F)(F)F)c3)CC2C(=O)N1. The summed E-state index contributed by atoms with van der Waals surface area (Å²) in [5, 5.41) is 6.67. The normalized spacial score (nSPS) is 23.4. The van der Waals surface area contributed by atoms with Gasteiger partial charge in [-0.3, -0.25) is 9.59 Å². The average molecular weight is 340 g/mol. The Labute approximate surface area is 135 Å². The van der Waals surface area contributed by atoms with Crippen molar-refractivity contribution in [2.45, 2.75) is 31.6 Å². The van der Waals surface area contributed by atoms with Gasteiger partial charge in [-0.25, -0.2) is 5.43 Å². The highest BCUT2D eigenvalue weighted by Gasteiger charge is 2.40. The van der Waals surface area contributed by atoms with E-state index >= 15 is 0 Å². The van der Waals surface area contributed by atoms with E-state index in [0.717, 1.165) is 12.1 Å². The van der Waals surface area contributed by atoms with Crippen LogP contribution in [0.3, 0.4) is 0 Å². The first-order valence-electron chi connectivity index (χ1n) is 7.26. The van der Waals surface area contributed by atoms with E-state index in [4.69, 9.17) is 0 Å². The van der Waals surface area contributed by atoms with Gasteiger partial charge >= 0.3 is 6.18 Å². The molecule has 128 valence electrons. The van der Waals surface area contributed by atoms with E-state index in [9.17, 15) is 22.8 Å². The first kappa shape index (κ1) is 16.3. The fraction of sp³-hybridized carbons (Fsp3) is 0.333. The average Bonchev–Trinajstić information content (AvgIpc) is 2.91. The van der Waals surface area contributed by atoms with Crippen molar-refractivity contribution >= 4 is 17.5 Å². The van der Waals surface area contributed by atoms with Gasteiger partial charge in [-0.1, -0.05) is 6.07 Å². The van der Waals surface area contributed by atoms with E-state index in [-0.39, 0.29) is 18.0 Å². The molecule has 1 fully saturated rings. The minimum atomic E-state index is -4.48. The summed E-state index contributed by atoms with van der Waals surface area (Å²) in [5.74, 6) is -0.723. The molecule has 6 nitrogen and oxygen atoms in total. The first-order chi connectivity index (χ1) is 11.2. The van der Waals surface area contributed by atoms with Crippen molar-refractivity contribution in [2.75, 3.05) is 5.32 Å². The van der Waals surface area contributed by atoms with Gasteiger partial charge in [0.25, 0.3) is 0 Å². The third kappa shape index (κ3) is 3.21. The van der Waals surface area contributed by atoms with Crippen molar-refractivity contribution in [3.05, 3.63) is 41.7 Å². The smallest absolute Gasteiger partial charge is 0.327 e. The largest absolute Gasteiger partial charge is 0.416 e. The molecule has 0 aliphatic carbocycles. The number of nitrogens with one attached hydrogen (secondary N) is 3. The predicted octanol–water partition coefficient (Wildman–Crippen LogP) is 1.58. The zero-order valence-corrected chi connectivity index (χ0v) is 12.6. The van der Waals surface area contributed by atoms with E-state index in [0.29, 0.717) is 5.70 Å². The third-order valence-electron chi connectivity index (χ3n) is 3.83. The first-order valence-corrected chi connectivity index (χ1v) is 7.26. The molecule has 2 amide bonds. The fourth-order valence-electron chi connectivity index (χ4n) is 2.71. The fourth-order valence-corrected chi connectivity index (χ4v) is 2.71. The van der Waals surface area contributed by atoms with Crippen molar-refractivity contribution in [3.8, 4) is 0 Å². The Morgan fingerprint density at radius 2 is 2.12 bits per heavy atom. The third-order valence-corrected chi connectivity index (χ3v) is 3.83. The summed E-state index contributed by atoms with van der Waals surface area (Å²) in [7, 11) is 0. The highest BCUT2D eigenvalue weighted by molar-refractivity contribution is 5.96. The summed E-state index contributed by atoms with van der Waals surface area (Å²) in [6, 6.07) is 3.18. The van der Waals surface area contributed by atoms with Crippen LogP contribution in [0.5, 0.6) is 0 Å².